The Morgan fingerprint density at radius 2 is 1.85 bits per heavy atom. The van der Waals surface area contributed by atoms with Crippen molar-refractivity contribution in [2.24, 2.45) is 0 Å². The van der Waals surface area contributed by atoms with E-state index in [1.807, 2.05) is 12.1 Å². The highest BCUT2D eigenvalue weighted by Crippen LogP contribution is 2.24. The van der Waals surface area contributed by atoms with Crippen molar-refractivity contribution in [1.82, 2.24) is 20.2 Å². The fraction of sp³-hybridized carbons (Fsp3) is 0. The van der Waals surface area contributed by atoms with Gasteiger partial charge in [-0.25, -0.2) is 4.98 Å². The van der Waals surface area contributed by atoms with Crippen LogP contribution in [0, 0.1) is 0 Å². The number of nitrogen functional groups attached to an aromatic ring is 1. The number of aromatic nitrogens is 4. The molecule has 0 unspecified atom stereocenters. The van der Waals surface area contributed by atoms with E-state index in [-0.39, 0.29) is 23.3 Å². The Kier molecular flexibility index (Phi) is 4.01. The molecule has 0 saturated heterocycles. The molecule has 9 heteroatoms. The lowest BCUT2D eigenvalue weighted by atomic mass is 10.1. The monoisotopic (exact) mass is 361 g/mol. The number of hydrogen-bond donors (Lipinski definition) is 5. The van der Waals surface area contributed by atoms with Crippen molar-refractivity contribution >= 4 is 40.0 Å². The largest absolute Gasteiger partial charge is 0.508 e. The molecule has 0 atom stereocenters. The molecular weight excluding hydrogens is 346 g/mol. The number of rotatable bonds is 4. The Hall–Kier alpha value is -4.14. The predicted octanol–water partition coefficient (Wildman–Crippen LogP) is 2.64. The normalized spacial score (nSPS) is 10.7. The number of carbonyl (C=O) groups excluding carboxylic acids is 1. The van der Waals surface area contributed by atoms with Crippen molar-refractivity contribution in [1.29, 1.82) is 0 Å². The lowest BCUT2D eigenvalue weighted by molar-refractivity contribution is 0.102. The number of fused-ring (bicyclic) bond motifs is 1. The SMILES string of the molecule is Nc1nccc(Nc2ccc3[nH]nc(C(=O)Nc4ccc(O)cc4)c3c2)n1. The zero-order valence-corrected chi connectivity index (χ0v) is 14.0. The molecule has 0 spiro atoms. The number of anilines is 4. The molecule has 9 nitrogen and oxygen atoms in total. The molecule has 2 aromatic heterocycles. The van der Waals surface area contributed by atoms with Gasteiger partial charge in [0.15, 0.2) is 5.69 Å². The first-order valence-electron chi connectivity index (χ1n) is 8.02. The summed E-state index contributed by atoms with van der Waals surface area (Å²) in [7, 11) is 0. The quantitative estimate of drug-likeness (QED) is 0.352. The second-order valence-electron chi connectivity index (χ2n) is 5.76. The first kappa shape index (κ1) is 16.3. The summed E-state index contributed by atoms with van der Waals surface area (Å²) in [5.41, 5.74) is 7.84. The Morgan fingerprint density at radius 1 is 1.07 bits per heavy atom. The maximum atomic E-state index is 12.6. The van der Waals surface area contributed by atoms with Crippen LogP contribution in [0.1, 0.15) is 10.5 Å². The summed E-state index contributed by atoms with van der Waals surface area (Å²) in [4.78, 5) is 20.5. The zero-order chi connectivity index (χ0) is 18.8. The van der Waals surface area contributed by atoms with Crippen LogP contribution < -0.4 is 16.4 Å². The summed E-state index contributed by atoms with van der Waals surface area (Å²) in [6.45, 7) is 0. The van der Waals surface area contributed by atoms with Gasteiger partial charge in [-0.15, -0.1) is 0 Å². The molecule has 0 bridgehead atoms. The van der Waals surface area contributed by atoms with Gasteiger partial charge >= 0.3 is 0 Å². The minimum atomic E-state index is -0.365. The van der Waals surface area contributed by atoms with Crippen LogP contribution in [-0.4, -0.2) is 31.2 Å². The fourth-order valence-electron chi connectivity index (χ4n) is 2.59. The van der Waals surface area contributed by atoms with Gasteiger partial charge in [0.05, 0.1) is 5.52 Å². The third-order valence-electron chi connectivity index (χ3n) is 3.85. The van der Waals surface area contributed by atoms with Gasteiger partial charge in [-0.1, -0.05) is 0 Å². The van der Waals surface area contributed by atoms with Crippen LogP contribution in [0.4, 0.5) is 23.1 Å². The number of aromatic hydroxyl groups is 1. The van der Waals surface area contributed by atoms with Crippen molar-refractivity contribution in [3.63, 3.8) is 0 Å². The highest BCUT2D eigenvalue weighted by Gasteiger charge is 2.15. The van der Waals surface area contributed by atoms with Gasteiger partial charge in [-0.3, -0.25) is 9.89 Å². The van der Waals surface area contributed by atoms with Crippen LogP contribution in [-0.2, 0) is 0 Å². The molecule has 0 saturated carbocycles. The topological polar surface area (TPSA) is 142 Å². The van der Waals surface area contributed by atoms with Gasteiger partial charge in [0.25, 0.3) is 5.91 Å². The second kappa shape index (κ2) is 6.64. The van der Waals surface area contributed by atoms with Gasteiger partial charge < -0.3 is 21.5 Å². The smallest absolute Gasteiger partial charge is 0.276 e. The summed E-state index contributed by atoms with van der Waals surface area (Å²) in [5.74, 6) is 0.466. The number of hydrogen-bond acceptors (Lipinski definition) is 7. The zero-order valence-electron chi connectivity index (χ0n) is 14.0. The van der Waals surface area contributed by atoms with Crippen LogP contribution in [0.2, 0.25) is 0 Å². The van der Waals surface area contributed by atoms with Gasteiger partial charge in [0.1, 0.15) is 11.6 Å². The number of benzene rings is 2. The van der Waals surface area contributed by atoms with E-state index in [1.165, 1.54) is 12.1 Å². The van der Waals surface area contributed by atoms with Gasteiger partial charge in [0.2, 0.25) is 5.95 Å². The molecule has 0 fully saturated rings. The van der Waals surface area contributed by atoms with Crippen molar-refractivity contribution in [3.05, 3.63) is 60.4 Å². The van der Waals surface area contributed by atoms with Crippen molar-refractivity contribution in [2.45, 2.75) is 0 Å². The molecular formula is C18H15N7O2. The van der Waals surface area contributed by atoms with Crippen LogP contribution in [0.15, 0.2) is 54.7 Å². The lowest BCUT2D eigenvalue weighted by Gasteiger charge is -2.06. The van der Waals surface area contributed by atoms with E-state index in [4.69, 9.17) is 5.73 Å². The highest BCUT2D eigenvalue weighted by atomic mass is 16.3. The number of amides is 1. The molecule has 0 aliphatic rings. The van der Waals surface area contributed by atoms with Crippen LogP contribution >= 0.6 is 0 Å². The Bertz CT molecular complexity index is 1120. The van der Waals surface area contributed by atoms with Crippen molar-refractivity contribution in [2.75, 3.05) is 16.4 Å². The molecule has 4 aromatic rings. The summed E-state index contributed by atoms with van der Waals surface area (Å²) >= 11 is 0. The Labute approximate surface area is 153 Å². The minimum Gasteiger partial charge on any atom is -0.508 e. The van der Waals surface area contributed by atoms with Gasteiger partial charge in [0, 0.05) is 23.0 Å². The van der Waals surface area contributed by atoms with Crippen LogP contribution in [0.3, 0.4) is 0 Å². The molecule has 2 aromatic carbocycles. The van der Waals surface area contributed by atoms with Crippen molar-refractivity contribution < 1.29 is 9.90 Å². The number of phenolic OH excluding ortho intramolecular Hbond substituents is 1. The second-order valence-corrected chi connectivity index (χ2v) is 5.76. The molecule has 0 aliphatic heterocycles. The van der Waals surface area contributed by atoms with E-state index in [1.54, 1.807) is 30.5 Å². The maximum absolute atomic E-state index is 12.6. The Morgan fingerprint density at radius 3 is 2.63 bits per heavy atom. The molecule has 134 valence electrons. The van der Waals surface area contributed by atoms with E-state index in [2.05, 4.69) is 30.8 Å². The van der Waals surface area contributed by atoms with Gasteiger partial charge in [-0.05, 0) is 48.5 Å². The van der Waals surface area contributed by atoms with E-state index >= 15 is 0 Å². The number of carbonyl (C=O) groups is 1. The number of nitrogens with two attached hydrogens (primary N) is 1. The molecule has 6 N–H and O–H groups in total. The summed E-state index contributed by atoms with van der Waals surface area (Å²) in [6.07, 6.45) is 1.55. The molecule has 1 amide bonds. The van der Waals surface area contributed by atoms with E-state index < -0.39 is 0 Å². The number of nitrogens with zero attached hydrogens (tertiary/aromatic N) is 3. The average molecular weight is 361 g/mol. The van der Waals surface area contributed by atoms with E-state index in [0.717, 1.165) is 11.2 Å². The van der Waals surface area contributed by atoms with E-state index in [0.29, 0.717) is 16.9 Å². The van der Waals surface area contributed by atoms with Crippen LogP contribution in [0.25, 0.3) is 10.9 Å². The summed E-state index contributed by atoms with van der Waals surface area (Å²) in [6, 6.07) is 13.3. The number of nitrogens with one attached hydrogen (secondary N) is 3. The number of phenols is 1. The van der Waals surface area contributed by atoms with Crippen LogP contribution in [0.5, 0.6) is 5.75 Å². The third kappa shape index (κ3) is 3.47. The lowest BCUT2D eigenvalue weighted by Crippen LogP contribution is -2.12. The Balaban J connectivity index is 1.61. The fourth-order valence-corrected chi connectivity index (χ4v) is 2.59. The number of aromatic amines is 1. The maximum Gasteiger partial charge on any atom is 0.276 e. The third-order valence-corrected chi connectivity index (χ3v) is 3.85. The van der Waals surface area contributed by atoms with Gasteiger partial charge in [-0.2, -0.15) is 10.1 Å². The highest BCUT2D eigenvalue weighted by molar-refractivity contribution is 6.11. The van der Waals surface area contributed by atoms with Crippen molar-refractivity contribution in [3.8, 4) is 5.75 Å². The minimum absolute atomic E-state index is 0.124. The standard InChI is InChI=1S/C18H15N7O2/c19-18-20-8-7-15(23-18)21-11-3-6-14-13(9-11)16(25-24-14)17(27)22-10-1-4-12(26)5-2-10/h1-9,26H,(H,22,27)(H,24,25)(H3,19,20,21,23). The molecule has 2 heterocycles. The first-order valence-corrected chi connectivity index (χ1v) is 8.02. The predicted molar refractivity (Wildman–Crippen MR) is 102 cm³/mol. The molecule has 4 rings (SSSR count). The molecule has 27 heavy (non-hydrogen) atoms. The number of H-pyrrole nitrogens is 1. The summed E-state index contributed by atoms with van der Waals surface area (Å²) in [5, 5.41) is 22.8. The molecule has 0 aliphatic carbocycles. The first-order chi connectivity index (χ1) is 13.1. The average Bonchev–Trinajstić information content (AvgIpc) is 3.07. The molecule has 0 radical (unpaired) electrons. The van der Waals surface area contributed by atoms with E-state index in [9.17, 15) is 9.90 Å². The summed E-state index contributed by atoms with van der Waals surface area (Å²) < 4.78 is 0.